The average Bonchev–Trinajstić information content (AvgIpc) is 2.77. The number of carbonyl (C=O) groups excluding carboxylic acids is 1. The smallest absolute Gasteiger partial charge is 0.164 e. The van der Waals surface area contributed by atoms with Crippen molar-refractivity contribution in [3.8, 4) is 5.75 Å². The molecule has 0 heterocycles. The Kier molecular flexibility index (Phi) is 3.69. The summed E-state index contributed by atoms with van der Waals surface area (Å²) in [5, 5.41) is 9.80. The molecule has 1 aromatic carbocycles. The predicted molar refractivity (Wildman–Crippen MR) is 101 cm³/mol. The van der Waals surface area contributed by atoms with Crippen LogP contribution in [0.25, 0.3) is 0 Å². The molecular formula is C23H30O2. The van der Waals surface area contributed by atoms with Gasteiger partial charge in [0.15, 0.2) is 5.78 Å². The molecule has 4 atom stereocenters. The van der Waals surface area contributed by atoms with Gasteiger partial charge in [-0.1, -0.05) is 39.8 Å². The van der Waals surface area contributed by atoms with Crippen molar-refractivity contribution in [3.05, 3.63) is 41.0 Å². The van der Waals surface area contributed by atoms with Crippen LogP contribution in [0.1, 0.15) is 70.4 Å². The first-order valence-corrected chi connectivity index (χ1v) is 9.77. The number of allylic oxidation sites excluding steroid dienone is 2. The van der Waals surface area contributed by atoms with Gasteiger partial charge in [-0.25, -0.2) is 0 Å². The first kappa shape index (κ1) is 16.9. The first-order chi connectivity index (χ1) is 11.7. The number of phenols is 1. The molecule has 2 saturated carbocycles. The lowest BCUT2D eigenvalue weighted by molar-refractivity contribution is -0.127. The van der Waals surface area contributed by atoms with Crippen molar-refractivity contribution >= 4 is 5.78 Å². The maximum Gasteiger partial charge on any atom is 0.164 e. The van der Waals surface area contributed by atoms with Crippen molar-refractivity contribution in [2.24, 2.45) is 22.7 Å². The van der Waals surface area contributed by atoms with Gasteiger partial charge in [0, 0.05) is 5.41 Å². The van der Waals surface area contributed by atoms with Gasteiger partial charge in [0.1, 0.15) is 5.75 Å². The highest BCUT2D eigenvalue weighted by molar-refractivity contribution is 6.02. The molecule has 3 aliphatic carbocycles. The molecule has 0 aliphatic heterocycles. The standard InChI is InChI=1S/C23H30O2/c1-22(2,3)13-15-12-20-19-7-5-14-11-16(24)6-8-17(14)18(19)9-10-23(20,4)21(15)25/h6,8,11,13,18-20,24H,5,7,9-10,12H2,1-4H3/b15-13+/t18-,19-,20+,23+/m1/s1. The van der Waals surface area contributed by atoms with Gasteiger partial charge in [0.25, 0.3) is 0 Å². The summed E-state index contributed by atoms with van der Waals surface area (Å²) in [5.74, 6) is 2.44. The van der Waals surface area contributed by atoms with Gasteiger partial charge in [-0.3, -0.25) is 4.79 Å². The van der Waals surface area contributed by atoms with Crippen molar-refractivity contribution in [2.75, 3.05) is 0 Å². The number of aromatic hydroxyl groups is 1. The van der Waals surface area contributed by atoms with Crippen molar-refractivity contribution in [3.63, 3.8) is 0 Å². The second-order valence-electron chi connectivity index (χ2n) is 9.82. The van der Waals surface area contributed by atoms with E-state index >= 15 is 0 Å². The van der Waals surface area contributed by atoms with Gasteiger partial charge in [0.2, 0.25) is 0 Å². The van der Waals surface area contributed by atoms with Crippen LogP contribution in [-0.2, 0) is 11.2 Å². The Labute approximate surface area is 151 Å². The Hall–Kier alpha value is -1.57. The summed E-state index contributed by atoms with van der Waals surface area (Å²) >= 11 is 0. The molecule has 2 fully saturated rings. The van der Waals surface area contributed by atoms with Crippen LogP contribution in [0.4, 0.5) is 0 Å². The Morgan fingerprint density at radius 3 is 2.72 bits per heavy atom. The van der Waals surface area contributed by atoms with Crippen LogP contribution in [0.3, 0.4) is 0 Å². The van der Waals surface area contributed by atoms with Gasteiger partial charge in [0.05, 0.1) is 0 Å². The fourth-order valence-corrected chi connectivity index (χ4v) is 5.89. The van der Waals surface area contributed by atoms with E-state index in [0.29, 0.717) is 29.3 Å². The molecule has 2 heteroatoms. The summed E-state index contributed by atoms with van der Waals surface area (Å²) in [6.07, 6.45) is 7.47. The highest BCUT2D eigenvalue weighted by Gasteiger charge is 2.56. The van der Waals surface area contributed by atoms with Crippen LogP contribution in [-0.4, -0.2) is 10.9 Å². The van der Waals surface area contributed by atoms with Crippen LogP contribution in [0.15, 0.2) is 29.8 Å². The number of rotatable bonds is 0. The van der Waals surface area contributed by atoms with Gasteiger partial charge in [-0.05, 0) is 84.1 Å². The van der Waals surface area contributed by atoms with Gasteiger partial charge < -0.3 is 5.11 Å². The zero-order valence-corrected chi connectivity index (χ0v) is 15.9. The highest BCUT2D eigenvalue weighted by Crippen LogP contribution is 2.61. The minimum absolute atomic E-state index is 0.0605. The Morgan fingerprint density at radius 2 is 2.00 bits per heavy atom. The fraction of sp³-hybridized carbons (Fsp3) is 0.609. The number of fused-ring (bicyclic) bond motifs is 5. The summed E-state index contributed by atoms with van der Waals surface area (Å²) in [6.45, 7) is 8.78. The van der Waals surface area contributed by atoms with E-state index in [0.717, 1.165) is 37.7 Å². The van der Waals surface area contributed by atoms with E-state index in [4.69, 9.17) is 0 Å². The monoisotopic (exact) mass is 338 g/mol. The summed E-state index contributed by atoms with van der Waals surface area (Å²) in [7, 11) is 0. The second kappa shape index (κ2) is 5.46. The molecule has 25 heavy (non-hydrogen) atoms. The van der Waals surface area contributed by atoms with E-state index in [1.807, 2.05) is 12.1 Å². The third-order valence-corrected chi connectivity index (χ3v) is 6.96. The normalized spacial score (nSPS) is 36.1. The molecule has 0 unspecified atom stereocenters. The quantitative estimate of drug-likeness (QED) is 0.643. The lowest BCUT2D eigenvalue weighted by atomic mass is 9.55. The third-order valence-electron chi connectivity index (χ3n) is 6.96. The van der Waals surface area contributed by atoms with E-state index in [9.17, 15) is 9.90 Å². The predicted octanol–water partition coefficient (Wildman–Crippen LogP) is 5.40. The van der Waals surface area contributed by atoms with Crippen molar-refractivity contribution in [1.82, 2.24) is 0 Å². The van der Waals surface area contributed by atoms with Crippen LogP contribution in [0.5, 0.6) is 5.75 Å². The van der Waals surface area contributed by atoms with Crippen molar-refractivity contribution < 1.29 is 9.90 Å². The zero-order valence-electron chi connectivity index (χ0n) is 15.9. The Morgan fingerprint density at radius 1 is 1.24 bits per heavy atom. The number of phenolic OH excluding ortho intramolecular Hbond substituents is 1. The molecular weight excluding hydrogens is 308 g/mol. The summed E-state index contributed by atoms with van der Waals surface area (Å²) < 4.78 is 0. The molecule has 134 valence electrons. The van der Waals surface area contributed by atoms with Gasteiger partial charge >= 0.3 is 0 Å². The maximum absolute atomic E-state index is 13.2. The van der Waals surface area contributed by atoms with Crippen LogP contribution < -0.4 is 0 Å². The maximum atomic E-state index is 13.2. The molecule has 4 rings (SSSR count). The molecule has 1 aromatic rings. The molecule has 0 saturated heterocycles. The summed E-state index contributed by atoms with van der Waals surface area (Å²) in [5.41, 5.74) is 3.73. The van der Waals surface area contributed by atoms with E-state index in [1.54, 1.807) is 0 Å². The van der Waals surface area contributed by atoms with Crippen LogP contribution >= 0.6 is 0 Å². The molecule has 2 nitrogen and oxygen atoms in total. The van der Waals surface area contributed by atoms with E-state index in [1.165, 1.54) is 11.1 Å². The van der Waals surface area contributed by atoms with E-state index in [-0.39, 0.29) is 10.8 Å². The molecule has 1 N–H and O–H groups in total. The highest BCUT2D eigenvalue weighted by atomic mass is 16.3. The minimum Gasteiger partial charge on any atom is -0.508 e. The molecule has 0 spiro atoms. The minimum atomic E-state index is -0.160. The zero-order chi connectivity index (χ0) is 18.0. The molecule has 0 amide bonds. The Bertz CT molecular complexity index is 752. The topological polar surface area (TPSA) is 37.3 Å². The number of benzene rings is 1. The third kappa shape index (κ3) is 2.65. The molecule has 0 radical (unpaired) electrons. The number of ketones is 1. The van der Waals surface area contributed by atoms with Crippen molar-refractivity contribution in [2.45, 2.75) is 65.7 Å². The second-order valence-corrected chi connectivity index (χ2v) is 9.82. The van der Waals surface area contributed by atoms with E-state index < -0.39 is 0 Å². The molecule has 3 aliphatic rings. The number of hydrogen-bond acceptors (Lipinski definition) is 2. The first-order valence-electron chi connectivity index (χ1n) is 9.77. The number of Topliss-reactive ketones (excluding diaryl/α,β-unsaturated/α-hetero) is 1. The number of hydrogen-bond donors (Lipinski definition) is 1. The van der Waals surface area contributed by atoms with Crippen LogP contribution in [0, 0.1) is 22.7 Å². The number of aryl methyl sites for hydroxylation is 1. The Balaban J connectivity index is 1.70. The van der Waals surface area contributed by atoms with Gasteiger partial charge in [-0.15, -0.1) is 0 Å². The van der Waals surface area contributed by atoms with E-state index in [2.05, 4.69) is 39.8 Å². The van der Waals surface area contributed by atoms with Crippen LogP contribution in [0.2, 0.25) is 0 Å². The SMILES string of the molecule is CC(C)(C)/C=C1\C[C@H]2[C@@H]3CCc4cc(O)ccc4[C@H]3CC[C@]2(C)C1=O. The largest absolute Gasteiger partial charge is 0.508 e. The summed E-state index contributed by atoms with van der Waals surface area (Å²) in [4.78, 5) is 13.2. The lowest BCUT2D eigenvalue weighted by Crippen LogP contribution is -2.42. The number of carbonyl (C=O) groups is 1. The van der Waals surface area contributed by atoms with Crippen molar-refractivity contribution in [1.29, 1.82) is 0 Å². The average molecular weight is 338 g/mol. The summed E-state index contributed by atoms with van der Waals surface area (Å²) in [6, 6.07) is 5.91. The fourth-order valence-electron chi connectivity index (χ4n) is 5.89. The lowest BCUT2D eigenvalue weighted by Gasteiger charge is -2.48. The molecule has 0 bridgehead atoms. The van der Waals surface area contributed by atoms with Gasteiger partial charge in [-0.2, -0.15) is 0 Å². The molecule has 0 aromatic heterocycles.